The number of alkyl halides is 3. The molecular formula is C22H22F3N5O4S. The fourth-order valence-electron chi connectivity index (χ4n) is 3.31. The van der Waals surface area contributed by atoms with Gasteiger partial charge in [0.2, 0.25) is 5.95 Å². The number of halogens is 3. The number of aromatic nitrogens is 3. The summed E-state index contributed by atoms with van der Waals surface area (Å²) >= 11 is 1.16. The predicted molar refractivity (Wildman–Crippen MR) is 125 cm³/mol. The summed E-state index contributed by atoms with van der Waals surface area (Å²) in [5.74, 6) is -0.119. The van der Waals surface area contributed by atoms with Gasteiger partial charge in [-0.25, -0.2) is 9.97 Å². The van der Waals surface area contributed by atoms with Crippen LogP contribution in [0.2, 0.25) is 0 Å². The molecule has 4 rings (SSSR count). The van der Waals surface area contributed by atoms with Gasteiger partial charge in [0.05, 0.1) is 27.9 Å². The SMILES string of the molecule is Cn1c(Nc2nc3ccc(OC(F)(F)F)cc3s2)nc2cc(C(=O)NCCOCCCO)ccc21. The molecule has 3 N–H and O–H groups in total. The summed E-state index contributed by atoms with van der Waals surface area (Å²) in [5.41, 5.74) is 2.32. The smallest absolute Gasteiger partial charge is 0.406 e. The molecule has 0 radical (unpaired) electrons. The number of imidazole rings is 1. The Kier molecular flexibility index (Phi) is 7.38. The number of aliphatic hydroxyl groups is 1. The van der Waals surface area contributed by atoms with Crippen molar-refractivity contribution >= 4 is 49.6 Å². The number of fused-ring (bicyclic) bond motifs is 2. The van der Waals surface area contributed by atoms with E-state index in [0.29, 0.717) is 58.6 Å². The number of carbonyl (C=O) groups excluding carboxylic acids is 1. The fourth-order valence-corrected chi connectivity index (χ4v) is 4.20. The van der Waals surface area contributed by atoms with E-state index in [-0.39, 0.29) is 18.3 Å². The van der Waals surface area contributed by atoms with Crippen LogP contribution in [-0.2, 0) is 11.8 Å². The number of nitrogens with zero attached hydrogens (tertiary/aromatic N) is 3. The van der Waals surface area contributed by atoms with Gasteiger partial charge in [0, 0.05) is 38.4 Å². The molecular weight excluding hydrogens is 487 g/mol. The van der Waals surface area contributed by atoms with Crippen molar-refractivity contribution in [1.29, 1.82) is 0 Å². The molecule has 2 aromatic heterocycles. The Morgan fingerprint density at radius 3 is 2.74 bits per heavy atom. The number of aryl methyl sites for hydroxylation is 1. The van der Waals surface area contributed by atoms with E-state index in [1.54, 1.807) is 29.8 Å². The lowest BCUT2D eigenvalue weighted by atomic mass is 10.2. The average Bonchev–Trinajstić information content (AvgIpc) is 3.34. The summed E-state index contributed by atoms with van der Waals surface area (Å²) in [7, 11) is 1.80. The maximum Gasteiger partial charge on any atom is 0.573 e. The summed E-state index contributed by atoms with van der Waals surface area (Å²) in [6.45, 7) is 1.17. The minimum absolute atomic E-state index is 0.0596. The van der Waals surface area contributed by atoms with Crippen molar-refractivity contribution in [3.05, 3.63) is 42.0 Å². The third-order valence-corrected chi connectivity index (χ3v) is 5.87. The van der Waals surface area contributed by atoms with Gasteiger partial charge in [0.15, 0.2) is 5.13 Å². The zero-order valence-corrected chi connectivity index (χ0v) is 19.4. The van der Waals surface area contributed by atoms with E-state index in [0.717, 1.165) is 16.9 Å². The van der Waals surface area contributed by atoms with Gasteiger partial charge in [-0.1, -0.05) is 11.3 Å². The molecule has 0 aliphatic carbocycles. The maximum atomic E-state index is 12.5. The number of ether oxygens (including phenoxy) is 2. The molecule has 1 amide bonds. The molecule has 13 heteroatoms. The average molecular weight is 510 g/mol. The van der Waals surface area contributed by atoms with Crippen LogP contribution in [0.4, 0.5) is 24.3 Å². The lowest BCUT2D eigenvalue weighted by molar-refractivity contribution is -0.274. The number of rotatable bonds is 10. The van der Waals surface area contributed by atoms with Crippen molar-refractivity contribution < 1.29 is 32.5 Å². The summed E-state index contributed by atoms with van der Waals surface area (Å²) < 4.78 is 49.0. The van der Waals surface area contributed by atoms with E-state index in [1.165, 1.54) is 18.2 Å². The van der Waals surface area contributed by atoms with Crippen LogP contribution in [-0.4, -0.2) is 58.3 Å². The fraction of sp³-hybridized carbons (Fsp3) is 0.318. The first kappa shape index (κ1) is 24.7. The summed E-state index contributed by atoms with van der Waals surface area (Å²) in [6, 6.07) is 9.08. The second-order valence-electron chi connectivity index (χ2n) is 7.46. The zero-order chi connectivity index (χ0) is 25.0. The molecule has 186 valence electrons. The molecule has 2 heterocycles. The van der Waals surface area contributed by atoms with Crippen LogP contribution in [0.5, 0.6) is 5.75 Å². The lowest BCUT2D eigenvalue weighted by Crippen LogP contribution is -2.27. The van der Waals surface area contributed by atoms with Crippen molar-refractivity contribution in [3.8, 4) is 5.75 Å². The van der Waals surface area contributed by atoms with Crippen LogP contribution in [0.15, 0.2) is 36.4 Å². The van der Waals surface area contributed by atoms with Gasteiger partial charge in [-0.15, -0.1) is 13.2 Å². The number of hydrogen-bond acceptors (Lipinski definition) is 8. The summed E-state index contributed by atoms with van der Waals surface area (Å²) in [6.07, 6.45) is -4.22. The van der Waals surface area contributed by atoms with E-state index in [9.17, 15) is 18.0 Å². The molecule has 0 unspecified atom stereocenters. The van der Waals surface area contributed by atoms with Crippen molar-refractivity contribution in [2.45, 2.75) is 12.8 Å². The molecule has 0 fully saturated rings. The van der Waals surface area contributed by atoms with Gasteiger partial charge >= 0.3 is 6.36 Å². The third-order valence-electron chi connectivity index (χ3n) is 4.93. The summed E-state index contributed by atoms with van der Waals surface area (Å²) in [4.78, 5) is 21.4. The molecule has 4 aromatic rings. The minimum atomic E-state index is -4.77. The van der Waals surface area contributed by atoms with Gasteiger partial charge in [-0.2, -0.15) is 0 Å². The molecule has 2 aromatic carbocycles. The zero-order valence-electron chi connectivity index (χ0n) is 18.6. The monoisotopic (exact) mass is 509 g/mol. The highest BCUT2D eigenvalue weighted by atomic mass is 32.1. The molecule has 0 aliphatic heterocycles. The molecule has 0 atom stereocenters. The van der Waals surface area contributed by atoms with Gasteiger partial charge in [-0.3, -0.25) is 4.79 Å². The number of amides is 1. The Morgan fingerprint density at radius 2 is 1.97 bits per heavy atom. The molecule has 0 saturated carbocycles. The van der Waals surface area contributed by atoms with Crippen LogP contribution < -0.4 is 15.4 Å². The highest BCUT2D eigenvalue weighted by Gasteiger charge is 2.31. The molecule has 0 spiro atoms. The van der Waals surface area contributed by atoms with E-state index >= 15 is 0 Å². The quantitative estimate of drug-likeness (QED) is 0.278. The lowest BCUT2D eigenvalue weighted by Gasteiger charge is -2.07. The van der Waals surface area contributed by atoms with E-state index < -0.39 is 6.36 Å². The molecule has 0 saturated heterocycles. The highest BCUT2D eigenvalue weighted by molar-refractivity contribution is 7.22. The topological polar surface area (TPSA) is 111 Å². The first-order valence-corrected chi connectivity index (χ1v) is 11.4. The van der Waals surface area contributed by atoms with Crippen molar-refractivity contribution in [1.82, 2.24) is 19.9 Å². The minimum Gasteiger partial charge on any atom is -0.406 e. The highest BCUT2D eigenvalue weighted by Crippen LogP contribution is 2.33. The number of carbonyl (C=O) groups is 1. The number of hydrogen-bond donors (Lipinski definition) is 3. The van der Waals surface area contributed by atoms with Crippen LogP contribution in [0.3, 0.4) is 0 Å². The van der Waals surface area contributed by atoms with Gasteiger partial charge in [-0.05, 0) is 36.8 Å². The Labute approximate surface area is 201 Å². The Morgan fingerprint density at radius 1 is 1.14 bits per heavy atom. The second kappa shape index (κ2) is 10.5. The van der Waals surface area contributed by atoms with Crippen LogP contribution in [0, 0.1) is 0 Å². The number of thiazole rings is 1. The largest absolute Gasteiger partial charge is 0.573 e. The van der Waals surface area contributed by atoms with Crippen LogP contribution in [0.25, 0.3) is 21.3 Å². The number of anilines is 2. The van der Waals surface area contributed by atoms with E-state index in [4.69, 9.17) is 9.84 Å². The second-order valence-corrected chi connectivity index (χ2v) is 8.50. The first-order valence-electron chi connectivity index (χ1n) is 10.6. The molecule has 9 nitrogen and oxygen atoms in total. The van der Waals surface area contributed by atoms with Crippen molar-refractivity contribution in [3.63, 3.8) is 0 Å². The third kappa shape index (κ3) is 6.18. The first-order chi connectivity index (χ1) is 16.7. The molecule has 0 aliphatic rings. The molecule has 35 heavy (non-hydrogen) atoms. The standard InChI is InChI=1S/C22H22F3N5O4S/c1-30-17-6-3-13(19(32)26-7-10-33-9-2-8-31)11-16(17)27-20(30)29-21-28-15-5-4-14(12-18(15)35-21)34-22(23,24)25/h3-6,11-12,31H,2,7-10H2,1H3,(H,26,32)(H,27,28,29). The molecule has 0 bridgehead atoms. The Balaban J connectivity index is 1.45. The number of benzene rings is 2. The Bertz CT molecular complexity index is 1340. The van der Waals surface area contributed by atoms with E-state index in [2.05, 4.69) is 25.3 Å². The van der Waals surface area contributed by atoms with Crippen molar-refractivity contribution in [2.75, 3.05) is 31.7 Å². The number of nitrogens with one attached hydrogen (secondary N) is 2. The normalized spacial score (nSPS) is 11.8. The maximum absolute atomic E-state index is 12.5. The van der Waals surface area contributed by atoms with E-state index in [1.807, 2.05) is 0 Å². The predicted octanol–water partition coefficient (Wildman–Crippen LogP) is 3.95. The van der Waals surface area contributed by atoms with Gasteiger partial charge < -0.3 is 29.8 Å². The number of aliphatic hydroxyl groups excluding tert-OH is 1. The van der Waals surface area contributed by atoms with Gasteiger partial charge in [0.1, 0.15) is 5.75 Å². The van der Waals surface area contributed by atoms with Crippen molar-refractivity contribution in [2.24, 2.45) is 7.05 Å². The van der Waals surface area contributed by atoms with Crippen LogP contribution >= 0.6 is 11.3 Å². The summed E-state index contributed by atoms with van der Waals surface area (Å²) in [5, 5.41) is 15.0. The Hall–Kier alpha value is -3.42. The van der Waals surface area contributed by atoms with Gasteiger partial charge in [0.25, 0.3) is 5.91 Å². The van der Waals surface area contributed by atoms with Crippen LogP contribution in [0.1, 0.15) is 16.8 Å².